The topological polar surface area (TPSA) is 40.5 Å². The van der Waals surface area contributed by atoms with E-state index in [9.17, 15) is 9.90 Å². The van der Waals surface area contributed by atoms with Crippen molar-refractivity contribution >= 4 is 17.5 Å². The Bertz CT molecular complexity index is 190. The summed E-state index contributed by atoms with van der Waals surface area (Å²) >= 11 is 5.44. The van der Waals surface area contributed by atoms with E-state index in [1.165, 1.54) is 0 Å². The molecule has 1 N–H and O–H groups in total. The van der Waals surface area contributed by atoms with Crippen LogP contribution in [0, 0.1) is 0 Å². The van der Waals surface area contributed by atoms with Crippen LogP contribution < -0.4 is 0 Å². The van der Waals surface area contributed by atoms with Gasteiger partial charge in [-0.05, 0) is 6.42 Å². The van der Waals surface area contributed by atoms with E-state index in [1.807, 2.05) is 6.92 Å². The van der Waals surface area contributed by atoms with Crippen LogP contribution in [-0.2, 0) is 4.79 Å². The van der Waals surface area contributed by atoms with Gasteiger partial charge in [0.15, 0.2) is 0 Å². The first-order valence-electron chi connectivity index (χ1n) is 4.67. The van der Waals surface area contributed by atoms with Crippen molar-refractivity contribution in [3.8, 4) is 0 Å². The molecule has 0 radical (unpaired) electrons. The van der Waals surface area contributed by atoms with Gasteiger partial charge in [-0.25, -0.2) is 0 Å². The van der Waals surface area contributed by atoms with Crippen molar-refractivity contribution < 1.29 is 9.90 Å². The molecule has 76 valence electrons. The molecule has 1 saturated heterocycles. The minimum Gasteiger partial charge on any atom is -0.386 e. The Labute approximate surface area is 83.7 Å². The summed E-state index contributed by atoms with van der Waals surface area (Å²) in [7, 11) is 0. The van der Waals surface area contributed by atoms with Crippen LogP contribution in [0.1, 0.15) is 26.2 Å². The second-order valence-electron chi connectivity index (χ2n) is 3.66. The molecule has 0 aliphatic carbocycles. The van der Waals surface area contributed by atoms with E-state index in [1.54, 1.807) is 4.90 Å². The summed E-state index contributed by atoms with van der Waals surface area (Å²) in [6, 6.07) is 0. The molecule has 0 aromatic rings. The monoisotopic (exact) mass is 205 g/mol. The quantitative estimate of drug-likeness (QED) is 0.696. The number of halogens is 1. The van der Waals surface area contributed by atoms with Gasteiger partial charge >= 0.3 is 0 Å². The number of hydrogen-bond donors (Lipinski definition) is 1. The van der Waals surface area contributed by atoms with E-state index < -0.39 is 5.60 Å². The van der Waals surface area contributed by atoms with Crippen LogP contribution in [0.2, 0.25) is 0 Å². The number of aliphatic hydroxyl groups is 1. The zero-order valence-electron chi connectivity index (χ0n) is 7.92. The Balaban J connectivity index is 2.27. The minimum atomic E-state index is -0.614. The fourth-order valence-corrected chi connectivity index (χ4v) is 1.86. The second kappa shape index (κ2) is 4.29. The van der Waals surface area contributed by atoms with Crippen molar-refractivity contribution in [2.45, 2.75) is 31.8 Å². The molecule has 0 aromatic heterocycles. The van der Waals surface area contributed by atoms with Crippen molar-refractivity contribution in [2.24, 2.45) is 0 Å². The van der Waals surface area contributed by atoms with E-state index in [0.717, 1.165) is 12.8 Å². The Morgan fingerprint density at radius 1 is 1.62 bits per heavy atom. The Morgan fingerprint density at radius 2 is 2.23 bits per heavy atom. The molecule has 1 amide bonds. The van der Waals surface area contributed by atoms with Crippen LogP contribution in [0.3, 0.4) is 0 Å². The highest BCUT2D eigenvalue weighted by molar-refractivity contribution is 6.18. The van der Waals surface area contributed by atoms with E-state index in [-0.39, 0.29) is 5.91 Å². The number of carbonyl (C=O) groups excluding carboxylic acids is 1. The summed E-state index contributed by atoms with van der Waals surface area (Å²) in [5.41, 5.74) is -0.614. The van der Waals surface area contributed by atoms with Gasteiger partial charge in [-0.15, -0.1) is 11.6 Å². The number of amides is 1. The van der Waals surface area contributed by atoms with Crippen molar-refractivity contribution in [1.29, 1.82) is 0 Å². The summed E-state index contributed by atoms with van der Waals surface area (Å²) in [5.74, 6) is 0.414. The first kappa shape index (κ1) is 10.8. The smallest absolute Gasteiger partial charge is 0.223 e. The number of nitrogens with zero attached hydrogens (tertiary/aromatic N) is 1. The standard InChI is InChI=1S/C9H16ClNO2/c1-2-4-9(13)6-11(7-9)8(12)3-5-10/h13H,2-7H2,1H3. The lowest BCUT2D eigenvalue weighted by atomic mass is 9.89. The molecule has 0 atom stereocenters. The van der Waals surface area contributed by atoms with Gasteiger partial charge < -0.3 is 10.0 Å². The number of rotatable bonds is 4. The van der Waals surface area contributed by atoms with Gasteiger partial charge in [0.2, 0.25) is 5.91 Å². The number of β-amino-alcohol motifs (C(OH)–C–C–N with tert-alkyl or cyclic N) is 1. The van der Waals surface area contributed by atoms with E-state index in [4.69, 9.17) is 11.6 Å². The summed E-state index contributed by atoms with van der Waals surface area (Å²) in [5, 5.41) is 9.77. The maximum absolute atomic E-state index is 11.2. The molecule has 3 nitrogen and oxygen atoms in total. The maximum atomic E-state index is 11.2. The average molecular weight is 206 g/mol. The second-order valence-corrected chi connectivity index (χ2v) is 4.04. The third-order valence-corrected chi connectivity index (χ3v) is 2.54. The Hall–Kier alpha value is -0.280. The number of carbonyl (C=O) groups is 1. The number of likely N-dealkylation sites (tertiary alicyclic amines) is 1. The van der Waals surface area contributed by atoms with Crippen molar-refractivity contribution in [1.82, 2.24) is 4.90 Å². The highest BCUT2D eigenvalue weighted by atomic mass is 35.5. The van der Waals surface area contributed by atoms with Gasteiger partial charge in [-0.1, -0.05) is 13.3 Å². The lowest BCUT2D eigenvalue weighted by Crippen LogP contribution is -2.63. The summed E-state index contributed by atoms with van der Waals surface area (Å²) in [4.78, 5) is 12.9. The van der Waals surface area contributed by atoms with Crippen LogP contribution in [0.25, 0.3) is 0 Å². The Morgan fingerprint density at radius 3 is 2.69 bits per heavy atom. The van der Waals surface area contributed by atoms with Crippen molar-refractivity contribution in [2.75, 3.05) is 19.0 Å². The molecule has 1 aliphatic rings. The van der Waals surface area contributed by atoms with E-state index >= 15 is 0 Å². The third-order valence-electron chi connectivity index (χ3n) is 2.35. The lowest BCUT2D eigenvalue weighted by molar-refractivity contribution is -0.156. The van der Waals surface area contributed by atoms with Gasteiger partial charge in [0, 0.05) is 12.3 Å². The maximum Gasteiger partial charge on any atom is 0.223 e. The first-order chi connectivity index (χ1) is 6.11. The predicted octanol–water partition coefficient (Wildman–Crippen LogP) is 0.989. The van der Waals surface area contributed by atoms with Crippen LogP contribution in [0.15, 0.2) is 0 Å². The first-order valence-corrected chi connectivity index (χ1v) is 5.21. The molecule has 0 spiro atoms. The molecular formula is C9H16ClNO2. The molecule has 1 heterocycles. The summed E-state index contributed by atoms with van der Waals surface area (Å²) in [6.07, 6.45) is 2.11. The van der Waals surface area contributed by atoms with E-state index in [0.29, 0.717) is 25.4 Å². The molecule has 4 heteroatoms. The van der Waals surface area contributed by atoms with Gasteiger partial charge in [0.05, 0.1) is 18.7 Å². The predicted molar refractivity (Wildman–Crippen MR) is 51.8 cm³/mol. The van der Waals surface area contributed by atoms with Crippen LogP contribution in [0.4, 0.5) is 0 Å². The molecule has 0 bridgehead atoms. The zero-order valence-corrected chi connectivity index (χ0v) is 8.68. The van der Waals surface area contributed by atoms with Gasteiger partial charge in [-0.2, -0.15) is 0 Å². The normalized spacial score (nSPS) is 19.8. The van der Waals surface area contributed by atoms with E-state index in [2.05, 4.69) is 0 Å². The molecule has 1 fully saturated rings. The highest BCUT2D eigenvalue weighted by Gasteiger charge is 2.42. The molecular weight excluding hydrogens is 190 g/mol. The van der Waals surface area contributed by atoms with Crippen LogP contribution >= 0.6 is 11.6 Å². The molecule has 0 saturated carbocycles. The minimum absolute atomic E-state index is 0.0516. The van der Waals surface area contributed by atoms with Gasteiger partial charge in [-0.3, -0.25) is 4.79 Å². The fraction of sp³-hybridized carbons (Fsp3) is 0.889. The fourth-order valence-electron chi connectivity index (χ4n) is 1.70. The lowest BCUT2D eigenvalue weighted by Gasteiger charge is -2.46. The SMILES string of the molecule is CCCC1(O)CN(C(=O)CCCl)C1. The summed E-state index contributed by atoms with van der Waals surface area (Å²) < 4.78 is 0. The summed E-state index contributed by atoms with van der Waals surface area (Å²) in [6.45, 7) is 2.99. The number of alkyl halides is 1. The number of hydrogen-bond acceptors (Lipinski definition) is 2. The molecule has 0 aromatic carbocycles. The van der Waals surface area contributed by atoms with Crippen molar-refractivity contribution in [3.63, 3.8) is 0 Å². The highest BCUT2D eigenvalue weighted by Crippen LogP contribution is 2.26. The van der Waals surface area contributed by atoms with Gasteiger partial charge in [0.1, 0.15) is 0 Å². The molecule has 1 rings (SSSR count). The third kappa shape index (κ3) is 2.58. The zero-order chi connectivity index (χ0) is 9.90. The molecule has 13 heavy (non-hydrogen) atoms. The average Bonchev–Trinajstić information content (AvgIpc) is 2.01. The van der Waals surface area contributed by atoms with Crippen LogP contribution in [-0.4, -0.2) is 40.5 Å². The van der Waals surface area contributed by atoms with Gasteiger partial charge in [0.25, 0.3) is 0 Å². The largest absolute Gasteiger partial charge is 0.386 e. The van der Waals surface area contributed by atoms with Crippen LogP contribution in [0.5, 0.6) is 0 Å². The molecule has 0 unspecified atom stereocenters. The Kier molecular flexibility index (Phi) is 3.56. The van der Waals surface area contributed by atoms with Crippen molar-refractivity contribution in [3.05, 3.63) is 0 Å². The molecule has 1 aliphatic heterocycles.